The molecule has 0 aliphatic carbocycles. The summed E-state index contributed by atoms with van der Waals surface area (Å²) in [5, 5.41) is 0. The minimum absolute atomic E-state index is 0.0640. The Morgan fingerprint density at radius 2 is 1.89 bits per heavy atom. The van der Waals surface area contributed by atoms with Crippen LogP contribution in [0, 0.1) is 25.7 Å². The van der Waals surface area contributed by atoms with E-state index < -0.39 is 0 Å². The van der Waals surface area contributed by atoms with E-state index in [2.05, 4.69) is 84.5 Å². The van der Waals surface area contributed by atoms with Gasteiger partial charge in [0.1, 0.15) is 11.6 Å². The van der Waals surface area contributed by atoms with Crippen molar-refractivity contribution >= 4 is 16.9 Å². The number of hydrogen-bond acceptors (Lipinski definition) is 3. The van der Waals surface area contributed by atoms with E-state index in [1.54, 1.807) is 0 Å². The minimum Gasteiger partial charge on any atom is -0.493 e. The van der Waals surface area contributed by atoms with Crippen LogP contribution in [0.1, 0.15) is 35.9 Å². The molecule has 180 valence electrons. The van der Waals surface area contributed by atoms with Crippen LogP contribution >= 0.6 is 0 Å². The van der Waals surface area contributed by atoms with Crippen molar-refractivity contribution in [3.05, 3.63) is 83.2 Å². The predicted octanol–water partition coefficient (Wildman–Crippen LogP) is 6.08. The second kappa shape index (κ2) is 9.57. The molecule has 5 heteroatoms. The van der Waals surface area contributed by atoms with Gasteiger partial charge in [-0.25, -0.2) is 4.98 Å². The highest BCUT2D eigenvalue weighted by Crippen LogP contribution is 2.34. The number of nitrogens with one attached hydrogen (secondary N) is 1. The molecule has 1 aromatic heterocycles. The largest absolute Gasteiger partial charge is 0.493 e. The molecule has 2 unspecified atom stereocenters. The third kappa shape index (κ3) is 4.95. The molecular weight excluding hydrogens is 434 g/mol. The van der Waals surface area contributed by atoms with Crippen molar-refractivity contribution in [2.24, 2.45) is 11.8 Å². The molecule has 1 N–H and O–H groups in total. The Morgan fingerprint density at radius 3 is 2.71 bits per heavy atom. The number of amides is 1. The van der Waals surface area contributed by atoms with Gasteiger partial charge in [0, 0.05) is 19.5 Å². The van der Waals surface area contributed by atoms with Crippen molar-refractivity contribution in [2.75, 3.05) is 13.7 Å². The fraction of sp³-hybridized carbons (Fsp3) is 0.333. The van der Waals surface area contributed by atoms with E-state index in [1.807, 2.05) is 18.9 Å². The van der Waals surface area contributed by atoms with Gasteiger partial charge in [-0.3, -0.25) is 4.79 Å². The number of aromatic amines is 1. The standard InChI is InChI=1S/C30H33N3O2/c1-19-6-5-7-22(14-19)18-33(4)30(34)26-12-13-35-29-11-9-23(16-25(29)15-20(26)2)24-8-10-27-28(17-24)32-21(3)31-27/h5-11,14,16-17,20,26H,12-13,15,18H2,1-4H3,(H,31,32). The summed E-state index contributed by atoms with van der Waals surface area (Å²) in [6.45, 7) is 7.43. The van der Waals surface area contributed by atoms with Gasteiger partial charge >= 0.3 is 0 Å². The lowest BCUT2D eigenvalue weighted by molar-refractivity contribution is -0.137. The quantitative estimate of drug-likeness (QED) is 0.396. The number of fused-ring (bicyclic) bond motifs is 2. The van der Waals surface area contributed by atoms with Gasteiger partial charge in [0.25, 0.3) is 0 Å². The summed E-state index contributed by atoms with van der Waals surface area (Å²) in [5.74, 6) is 2.20. The molecule has 1 amide bonds. The number of nitrogens with zero attached hydrogens (tertiary/aromatic N) is 2. The van der Waals surface area contributed by atoms with Crippen LogP contribution in [-0.2, 0) is 17.8 Å². The van der Waals surface area contributed by atoms with E-state index in [0.29, 0.717) is 13.2 Å². The number of rotatable bonds is 4. The maximum Gasteiger partial charge on any atom is 0.226 e. The summed E-state index contributed by atoms with van der Waals surface area (Å²) in [7, 11) is 1.91. The first kappa shape index (κ1) is 23.2. The zero-order valence-corrected chi connectivity index (χ0v) is 21.0. The maximum atomic E-state index is 13.5. The number of aromatic nitrogens is 2. The first-order valence-corrected chi connectivity index (χ1v) is 12.4. The van der Waals surface area contributed by atoms with Crippen LogP contribution in [0.4, 0.5) is 0 Å². The number of aryl methyl sites for hydroxylation is 2. The van der Waals surface area contributed by atoms with Gasteiger partial charge in [-0.1, -0.05) is 48.9 Å². The minimum atomic E-state index is -0.0640. The van der Waals surface area contributed by atoms with Crippen molar-refractivity contribution in [3.63, 3.8) is 0 Å². The average molecular weight is 468 g/mol. The zero-order chi connectivity index (χ0) is 24.5. The van der Waals surface area contributed by atoms with Crippen molar-refractivity contribution in [1.82, 2.24) is 14.9 Å². The van der Waals surface area contributed by atoms with Crippen LogP contribution in [0.25, 0.3) is 22.2 Å². The molecular formula is C30H33N3O2. The van der Waals surface area contributed by atoms with Gasteiger partial charge in [0.2, 0.25) is 5.91 Å². The van der Waals surface area contributed by atoms with Crippen LogP contribution in [0.15, 0.2) is 60.7 Å². The molecule has 5 nitrogen and oxygen atoms in total. The molecule has 4 aromatic rings. The second-order valence-corrected chi connectivity index (χ2v) is 9.99. The summed E-state index contributed by atoms with van der Waals surface area (Å²) in [6.07, 6.45) is 1.54. The Balaban J connectivity index is 1.35. The van der Waals surface area contributed by atoms with Crippen molar-refractivity contribution in [2.45, 2.75) is 40.2 Å². The molecule has 0 radical (unpaired) electrons. The normalized spacial score (nSPS) is 17.8. The maximum absolute atomic E-state index is 13.5. The van der Waals surface area contributed by atoms with Gasteiger partial charge in [0.05, 0.1) is 17.6 Å². The predicted molar refractivity (Wildman–Crippen MR) is 140 cm³/mol. The fourth-order valence-electron chi connectivity index (χ4n) is 5.26. The van der Waals surface area contributed by atoms with Crippen LogP contribution in [0.5, 0.6) is 5.75 Å². The number of benzene rings is 3. The Kier molecular flexibility index (Phi) is 6.33. The SMILES string of the molecule is Cc1cccc(CN(C)C(=O)C2CCOc3ccc(-c4ccc5nc(C)[nH]c5c4)cc3CC2C)c1. The molecule has 0 saturated carbocycles. The molecule has 3 aromatic carbocycles. The summed E-state index contributed by atoms with van der Waals surface area (Å²) in [5.41, 5.74) is 7.84. The van der Waals surface area contributed by atoms with Gasteiger partial charge in [0.15, 0.2) is 0 Å². The Labute approximate surface area is 207 Å². The van der Waals surface area contributed by atoms with Gasteiger partial charge in [-0.2, -0.15) is 0 Å². The summed E-state index contributed by atoms with van der Waals surface area (Å²) >= 11 is 0. The molecule has 0 fully saturated rings. The van der Waals surface area contributed by atoms with Crippen molar-refractivity contribution < 1.29 is 9.53 Å². The highest BCUT2D eigenvalue weighted by Gasteiger charge is 2.30. The van der Waals surface area contributed by atoms with Gasteiger partial charge < -0.3 is 14.6 Å². The van der Waals surface area contributed by atoms with E-state index in [9.17, 15) is 4.79 Å². The summed E-state index contributed by atoms with van der Waals surface area (Å²) in [4.78, 5) is 23.2. The third-order valence-corrected chi connectivity index (χ3v) is 7.10. The number of carbonyl (C=O) groups is 1. The monoisotopic (exact) mass is 467 g/mol. The van der Waals surface area contributed by atoms with Crippen LogP contribution in [0.3, 0.4) is 0 Å². The van der Waals surface area contributed by atoms with Gasteiger partial charge in [-0.05, 0) is 79.1 Å². The zero-order valence-electron chi connectivity index (χ0n) is 21.0. The first-order valence-electron chi connectivity index (χ1n) is 12.4. The Hall–Kier alpha value is -3.60. The van der Waals surface area contributed by atoms with Gasteiger partial charge in [-0.15, -0.1) is 0 Å². The molecule has 2 atom stereocenters. The molecule has 0 saturated heterocycles. The molecule has 35 heavy (non-hydrogen) atoms. The number of carbonyl (C=O) groups excluding carboxylic acids is 1. The lowest BCUT2D eigenvalue weighted by atomic mass is 9.83. The third-order valence-electron chi connectivity index (χ3n) is 7.10. The van der Waals surface area contributed by atoms with E-state index in [0.717, 1.165) is 57.7 Å². The number of imidazole rings is 1. The van der Waals surface area contributed by atoms with Crippen LogP contribution in [0.2, 0.25) is 0 Å². The van der Waals surface area contributed by atoms with E-state index in [-0.39, 0.29) is 17.7 Å². The first-order chi connectivity index (χ1) is 16.9. The topological polar surface area (TPSA) is 58.2 Å². The van der Waals surface area contributed by atoms with E-state index in [1.165, 1.54) is 5.56 Å². The molecule has 0 bridgehead atoms. The second-order valence-electron chi connectivity index (χ2n) is 9.99. The molecule has 0 spiro atoms. The molecule has 1 aliphatic rings. The smallest absolute Gasteiger partial charge is 0.226 e. The van der Waals surface area contributed by atoms with Crippen molar-refractivity contribution in [1.29, 1.82) is 0 Å². The lowest BCUT2D eigenvalue weighted by Gasteiger charge is -2.30. The van der Waals surface area contributed by atoms with Crippen molar-refractivity contribution in [3.8, 4) is 16.9 Å². The van der Waals surface area contributed by atoms with Crippen LogP contribution < -0.4 is 4.74 Å². The summed E-state index contributed by atoms with van der Waals surface area (Å²) < 4.78 is 6.15. The Bertz CT molecular complexity index is 1370. The van der Waals surface area contributed by atoms with E-state index >= 15 is 0 Å². The fourth-order valence-corrected chi connectivity index (χ4v) is 5.26. The summed E-state index contributed by atoms with van der Waals surface area (Å²) in [6, 6.07) is 21.1. The van der Waals surface area contributed by atoms with Crippen LogP contribution in [-0.4, -0.2) is 34.4 Å². The van der Waals surface area contributed by atoms with E-state index in [4.69, 9.17) is 4.74 Å². The Morgan fingerprint density at radius 1 is 1.09 bits per heavy atom. The lowest BCUT2D eigenvalue weighted by Crippen LogP contribution is -2.37. The average Bonchev–Trinajstić information content (AvgIpc) is 3.20. The molecule has 2 heterocycles. The molecule has 1 aliphatic heterocycles. The number of hydrogen-bond donors (Lipinski definition) is 1. The highest BCUT2D eigenvalue weighted by molar-refractivity contribution is 5.82. The number of H-pyrrole nitrogens is 1. The molecule has 5 rings (SSSR count). The number of ether oxygens (including phenoxy) is 1. The highest BCUT2D eigenvalue weighted by atomic mass is 16.5.